The Balaban J connectivity index is 3.00. The molecule has 0 aliphatic carbocycles. The van der Waals surface area contributed by atoms with Gasteiger partial charge in [0, 0.05) is 12.2 Å². The number of benzene rings is 1. The number of carbonyl (C=O) groups is 2. The van der Waals surface area contributed by atoms with E-state index in [1.807, 2.05) is 0 Å². The molecule has 16 heavy (non-hydrogen) atoms. The summed E-state index contributed by atoms with van der Waals surface area (Å²) in [6.07, 6.45) is 4.86. The van der Waals surface area contributed by atoms with Crippen LogP contribution in [0, 0.1) is 0 Å². The number of rotatable bonds is 4. The normalized spacial score (nSPS) is 11.0. The molecule has 0 heterocycles. The molecule has 0 radical (unpaired) electrons. The first-order valence-corrected chi connectivity index (χ1v) is 4.50. The number of hydrogen-bond donors (Lipinski definition) is 2. The molecule has 1 aromatic carbocycles. The zero-order chi connectivity index (χ0) is 12.0. The van der Waals surface area contributed by atoms with Crippen molar-refractivity contribution in [2.45, 2.75) is 0 Å². The van der Waals surface area contributed by atoms with Gasteiger partial charge in [-0.3, -0.25) is 0 Å². The van der Waals surface area contributed by atoms with E-state index in [4.69, 9.17) is 10.2 Å². The van der Waals surface area contributed by atoms with Crippen molar-refractivity contribution in [1.29, 1.82) is 0 Å². The molecule has 4 heteroatoms. The van der Waals surface area contributed by atoms with Crippen molar-refractivity contribution in [2.75, 3.05) is 0 Å². The molecule has 0 aliphatic rings. The molecule has 4 nitrogen and oxygen atoms in total. The molecule has 0 aliphatic heterocycles. The first-order chi connectivity index (χ1) is 7.59. The first kappa shape index (κ1) is 11.7. The maximum atomic E-state index is 10.4. The zero-order valence-electron chi connectivity index (χ0n) is 8.33. The predicted octanol–water partition coefficient (Wildman–Crippen LogP) is 1.88. The first-order valence-electron chi connectivity index (χ1n) is 4.50. The van der Waals surface area contributed by atoms with Gasteiger partial charge in [-0.25, -0.2) is 9.59 Å². The Kier molecular flexibility index (Phi) is 4.03. The van der Waals surface area contributed by atoms with E-state index in [9.17, 15) is 9.59 Å². The average molecular weight is 218 g/mol. The number of carboxylic acid groups (broad SMARTS) is 2. The largest absolute Gasteiger partial charge is 0.478 e. The highest BCUT2D eigenvalue weighted by Crippen LogP contribution is 2.12. The van der Waals surface area contributed by atoms with E-state index >= 15 is 0 Å². The van der Waals surface area contributed by atoms with Crippen LogP contribution in [0.1, 0.15) is 11.1 Å². The summed E-state index contributed by atoms with van der Waals surface area (Å²) in [7, 11) is 0. The minimum Gasteiger partial charge on any atom is -0.478 e. The van der Waals surface area contributed by atoms with Gasteiger partial charge in [-0.15, -0.1) is 0 Å². The summed E-state index contributed by atoms with van der Waals surface area (Å²) in [5, 5.41) is 17.0. The molecule has 0 fully saturated rings. The van der Waals surface area contributed by atoms with Crippen LogP contribution >= 0.6 is 0 Å². The molecule has 0 atom stereocenters. The third-order valence-corrected chi connectivity index (χ3v) is 1.81. The fraction of sp³-hybridized carbons (Fsp3) is 0. The maximum absolute atomic E-state index is 10.4. The van der Waals surface area contributed by atoms with E-state index < -0.39 is 11.9 Å². The van der Waals surface area contributed by atoms with Gasteiger partial charge in [-0.1, -0.05) is 24.3 Å². The summed E-state index contributed by atoms with van der Waals surface area (Å²) in [5.74, 6) is -2.09. The Bertz CT molecular complexity index is 415. The molecule has 0 aromatic heterocycles. The van der Waals surface area contributed by atoms with Gasteiger partial charge >= 0.3 is 11.9 Å². The fourth-order valence-electron chi connectivity index (χ4n) is 1.14. The highest BCUT2D eigenvalue weighted by Gasteiger charge is 1.96. The van der Waals surface area contributed by atoms with Gasteiger partial charge in [0.2, 0.25) is 0 Å². The standard InChI is InChI=1S/C12H10O4/c13-11(14)7-5-9-3-1-2-4-10(9)6-8-12(15)16/h1-8H,(H,13,14)(H,15,16)/b7-5+,8-6?. The van der Waals surface area contributed by atoms with Crippen LogP contribution in [0.3, 0.4) is 0 Å². The van der Waals surface area contributed by atoms with E-state index in [1.165, 1.54) is 12.2 Å². The van der Waals surface area contributed by atoms with Crippen LogP contribution in [0.15, 0.2) is 36.4 Å². The van der Waals surface area contributed by atoms with Crippen molar-refractivity contribution in [3.63, 3.8) is 0 Å². The van der Waals surface area contributed by atoms with E-state index in [0.717, 1.165) is 12.2 Å². The minimum absolute atomic E-state index is 0.655. The van der Waals surface area contributed by atoms with E-state index in [0.29, 0.717) is 11.1 Å². The van der Waals surface area contributed by atoms with Crippen molar-refractivity contribution in [3.05, 3.63) is 47.5 Å². The van der Waals surface area contributed by atoms with Crippen LogP contribution in [-0.2, 0) is 9.59 Å². The SMILES string of the molecule is O=C(O)C=Cc1ccccc1/C=C/C(=O)O. The summed E-state index contributed by atoms with van der Waals surface area (Å²) < 4.78 is 0. The van der Waals surface area contributed by atoms with Crippen molar-refractivity contribution in [2.24, 2.45) is 0 Å². The van der Waals surface area contributed by atoms with Gasteiger partial charge in [0.15, 0.2) is 0 Å². The summed E-state index contributed by atoms with van der Waals surface area (Å²) in [6.45, 7) is 0. The number of hydrogen-bond acceptors (Lipinski definition) is 2. The topological polar surface area (TPSA) is 74.6 Å². The molecule has 82 valence electrons. The van der Waals surface area contributed by atoms with Gasteiger partial charge in [-0.2, -0.15) is 0 Å². The monoisotopic (exact) mass is 218 g/mol. The molecule has 0 spiro atoms. The predicted molar refractivity (Wildman–Crippen MR) is 59.8 cm³/mol. The highest BCUT2D eigenvalue weighted by molar-refractivity contribution is 5.88. The lowest BCUT2D eigenvalue weighted by Crippen LogP contribution is -1.88. The molecule has 0 saturated carbocycles. The Hall–Kier alpha value is -2.36. The third kappa shape index (κ3) is 3.79. The third-order valence-electron chi connectivity index (χ3n) is 1.81. The number of carboxylic acids is 2. The second-order valence-electron chi connectivity index (χ2n) is 2.97. The second kappa shape index (κ2) is 5.50. The van der Waals surface area contributed by atoms with E-state index in [1.54, 1.807) is 24.3 Å². The van der Waals surface area contributed by atoms with Crippen molar-refractivity contribution >= 4 is 24.1 Å². The van der Waals surface area contributed by atoms with Crippen molar-refractivity contribution in [3.8, 4) is 0 Å². The average Bonchev–Trinajstić information content (AvgIpc) is 2.24. The Labute approximate surface area is 92.2 Å². The zero-order valence-corrected chi connectivity index (χ0v) is 8.33. The molecular formula is C12H10O4. The van der Waals surface area contributed by atoms with Gasteiger partial charge in [0.25, 0.3) is 0 Å². The van der Waals surface area contributed by atoms with Crippen LogP contribution in [0.25, 0.3) is 12.2 Å². The quantitative estimate of drug-likeness (QED) is 0.756. The van der Waals surface area contributed by atoms with E-state index in [-0.39, 0.29) is 0 Å². The van der Waals surface area contributed by atoms with Gasteiger partial charge in [0.1, 0.15) is 0 Å². The molecule has 0 unspecified atom stereocenters. The van der Waals surface area contributed by atoms with Gasteiger partial charge < -0.3 is 10.2 Å². The van der Waals surface area contributed by atoms with Crippen molar-refractivity contribution < 1.29 is 19.8 Å². The molecule has 2 N–H and O–H groups in total. The summed E-state index contributed by atoms with van der Waals surface area (Å²) >= 11 is 0. The molecule has 1 aromatic rings. The smallest absolute Gasteiger partial charge is 0.328 e. The van der Waals surface area contributed by atoms with Crippen LogP contribution in [0.4, 0.5) is 0 Å². The van der Waals surface area contributed by atoms with Crippen LogP contribution in [0.5, 0.6) is 0 Å². The van der Waals surface area contributed by atoms with Crippen molar-refractivity contribution in [1.82, 2.24) is 0 Å². The lowest BCUT2D eigenvalue weighted by Gasteiger charge is -1.98. The second-order valence-corrected chi connectivity index (χ2v) is 2.97. The molecular weight excluding hydrogens is 208 g/mol. The Morgan fingerprint density at radius 1 is 0.875 bits per heavy atom. The van der Waals surface area contributed by atoms with Crippen LogP contribution in [-0.4, -0.2) is 22.2 Å². The molecule has 1 rings (SSSR count). The maximum Gasteiger partial charge on any atom is 0.328 e. The highest BCUT2D eigenvalue weighted by atomic mass is 16.4. The molecule has 0 saturated heterocycles. The van der Waals surface area contributed by atoms with E-state index in [2.05, 4.69) is 0 Å². The van der Waals surface area contributed by atoms with Gasteiger partial charge in [0.05, 0.1) is 0 Å². The Morgan fingerprint density at radius 3 is 1.56 bits per heavy atom. The lowest BCUT2D eigenvalue weighted by atomic mass is 10.1. The summed E-state index contributed by atoms with van der Waals surface area (Å²) in [4.78, 5) is 20.7. The summed E-state index contributed by atoms with van der Waals surface area (Å²) in [5.41, 5.74) is 1.31. The minimum atomic E-state index is -1.04. The molecule has 0 amide bonds. The fourth-order valence-corrected chi connectivity index (χ4v) is 1.14. The summed E-state index contributed by atoms with van der Waals surface area (Å²) in [6, 6.07) is 6.92. The Morgan fingerprint density at radius 2 is 1.25 bits per heavy atom. The van der Waals surface area contributed by atoms with Crippen LogP contribution in [0.2, 0.25) is 0 Å². The van der Waals surface area contributed by atoms with Gasteiger partial charge in [-0.05, 0) is 23.3 Å². The lowest BCUT2D eigenvalue weighted by molar-refractivity contribution is -0.132. The number of aliphatic carboxylic acids is 2. The molecule has 0 bridgehead atoms. The van der Waals surface area contributed by atoms with Crippen LogP contribution < -0.4 is 0 Å².